The molecule has 2 aromatic rings. The molecule has 0 atom stereocenters. The summed E-state index contributed by atoms with van der Waals surface area (Å²) in [7, 11) is 0. The van der Waals surface area contributed by atoms with Crippen molar-refractivity contribution in [1.29, 1.82) is 0 Å². The number of nitrogens with zero attached hydrogens (tertiary/aromatic N) is 3. The monoisotopic (exact) mass is 297 g/mol. The summed E-state index contributed by atoms with van der Waals surface area (Å²) in [4.78, 5) is 19.5. The molecule has 90 valence electrons. The number of carboxylic acids is 1. The van der Waals surface area contributed by atoms with E-state index in [0.717, 1.165) is 10.3 Å². The number of carboxylic acid groups (broad SMARTS) is 1. The minimum atomic E-state index is -0.893. The Balaban J connectivity index is 2.66. The van der Waals surface area contributed by atoms with E-state index < -0.39 is 5.97 Å². The summed E-state index contributed by atoms with van der Waals surface area (Å²) in [5.74, 6) is 0.00578. The quantitative estimate of drug-likeness (QED) is 0.944. The first-order valence-electron chi connectivity index (χ1n) is 5.22. The summed E-state index contributed by atoms with van der Waals surface area (Å²) >= 11 is 3.33. The topological polar surface area (TPSA) is 68.0 Å². The summed E-state index contributed by atoms with van der Waals surface area (Å²) in [6.07, 6.45) is 1.65. The average Bonchev–Trinajstić information content (AvgIpc) is 2.55. The molecule has 6 heteroatoms. The van der Waals surface area contributed by atoms with Gasteiger partial charge in [-0.2, -0.15) is 0 Å². The number of rotatable bonds is 3. The normalized spacial score (nSPS) is 11.3. The maximum Gasteiger partial charge on any atom is 0.323 e. The van der Waals surface area contributed by atoms with Crippen LogP contribution in [0, 0.1) is 0 Å². The van der Waals surface area contributed by atoms with Crippen molar-refractivity contribution in [2.75, 3.05) is 0 Å². The lowest BCUT2D eigenvalue weighted by Crippen LogP contribution is -2.13. The van der Waals surface area contributed by atoms with Gasteiger partial charge in [-0.05, 0) is 22.0 Å². The van der Waals surface area contributed by atoms with E-state index in [0.29, 0.717) is 11.2 Å². The van der Waals surface area contributed by atoms with Gasteiger partial charge in [0.2, 0.25) is 0 Å². The molecular weight excluding hydrogens is 286 g/mol. The van der Waals surface area contributed by atoms with E-state index in [9.17, 15) is 4.79 Å². The van der Waals surface area contributed by atoms with Crippen LogP contribution in [0.25, 0.3) is 11.2 Å². The second-order valence-corrected chi connectivity index (χ2v) is 5.02. The number of pyridine rings is 1. The fraction of sp³-hybridized carbons (Fsp3) is 0.364. The summed E-state index contributed by atoms with van der Waals surface area (Å²) in [6.45, 7) is 3.85. The zero-order valence-corrected chi connectivity index (χ0v) is 11.1. The molecule has 0 aliphatic carbocycles. The molecule has 0 aliphatic heterocycles. The summed E-state index contributed by atoms with van der Waals surface area (Å²) in [6, 6.07) is 1.84. The second kappa shape index (κ2) is 4.44. The predicted molar refractivity (Wildman–Crippen MR) is 67.0 cm³/mol. The highest BCUT2D eigenvalue weighted by atomic mass is 79.9. The number of hydrogen-bond acceptors (Lipinski definition) is 3. The van der Waals surface area contributed by atoms with Crippen LogP contribution >= 0.6 is 15.9 Å². The van der Waals surface area contributed by atoms with Crippen molar-refractivity contribution < 1.29 is 9.90 Å². The molecule has 0 amide bonds. The van der Waals surface area contributed by atoms with Crippen molar-refractivity contribution in [3.8, 4) is 0 Å². The predicted octanol–water partition coefficient (Wildman–Crippen LogP) is 2.40. The molecule has 2 rings (SSSR count). The molecule has 0 spiro atoms. The van der Waals surface area contributed by atoms with Gasteiger partial charge in [-0.25, -0.2) is 9.97 Å². The Hall–Kier alpha value is -1.43. The standard InChI is InChI=1S/C11H12BrN3O2/c1-6(2)10-14-8-3-7(12)4-13-11(8)15(10)5-9(16)17/h3-4,6H,5H2,1-2H3,(H,16,17). The summed E-state index contributed by atoms with van der Waals surface area (Å²) in [5, 5.41) is 8.92. The molecule has 5 nitrogen and oxygen atoms in total. The lowest BCUT2D eigenvalue weighted by atomic mass is 10.2. The zero-order valence-electron chi connectivity index (χ0n) is 9.51. The minimum Gasteiger partial charge on any atom is -0.480 e. The van der Waals surface area contributed by atoms with Gasteiger partial charge in [0, 0.05) is 16.6 Å². The van der Waals surface area contributed by atoms with Crippen molar-refractivity contribution >= 4 is 33.1 Å². The van der Waals surface area contributed by atoms with E-state index in [1.807, 2.05) is 19.9 Å². The Bertz CT molecular complexity index is 577. The molecule has 2 aromatic heterocycles. The molecule has 0 unspecified atom stereocenters. The third-order valence-electron chi connectivity index (χ3n) is 2.39. The van der Waals surface area contributed by atoms with Crippen LogP contribution in [0.3, 0.4) is 0 Å². The Morgan fingerprint density at radius 2 is 2.29 bits per heavy atom. The van der Waals surface area contributed by atoms with E-state index in [4.69, 9.17) is 5.11 Å². The van der Waals surface area contributed by atoms with Gasteiger partial charge in [0.15, 0.2) is 5.65 Å². The fourth-order valence-corrected chi connectivity index (χ4v) is 2.06. The van der Waals surface area contributed by atoms with Crippen LogP contribution in [0.2, 0.25) is 0 Å². The maximum absolute atomic E-state index is 10.9. The van der Waals surface area contributed by atoms with E-state index in [-0.39, 0.29) is 12.5 Å². The molecule has 0 aliphatic rings. The number of aromatic nitrogens is 3. The van der Waals surface area contributed by atoms with Gasteiger partial charge in [-0.1, -0.05) is 13.8 Å². The molecule has 0 bridgehead atoms. The van der Waals surface area contributed by atoms with Crippen molar-refractivity contribution in [1.82, 2.24) is 14.5 Å². The third kappa shape index (κ3) is 2.31. The maximum atomic E-state index is 10.9. The first kappa shape index (κ1) is 12.0. The Kier molecular flexibility index (Phi) is 3.15. The van der Waals surface area contributed by atoms with E-state index in [2.05, 4.69) is 25.9 Å². The Labute approximate surface area is 107 Å². The smallest absolute Gasteiger partial charge is 0.323 e. The molecule has 17 heavy (non-hydrogen) atoms. The van der Waals surface area contributed by atoms with Crippen LogP contribution in [0.15, 0.2) is 16.7 Å². The number of carbonyl (C=O) groups is 1. The number of halogens is 1. The molecule has 1 N–H and O–H groups in total. The minimum absolute atomic E-state index is 0.112. The highest BCUT2D eigenvalue weighted by Crippen LogP contribution is 2.22. The highest BCUT2D eigenvalue weighted by Gasteiger charge is 2.16. The lowest BCUT2D eigenvalue weighted by molar-refractivity contribution is -0.137. The van der Waals surface area contributed by atoms with Crippen molar-refractivity contribution in [2.24, 2.45) is 0 Å². The van der Waals surface area contributed by atoms with Crippen molar-refractivity contribution in [3.05, 3.63) is 22.6 Å². The first-order valence-corrected chi connectivity index (χ1v) is 6.02. The highest BCUT2D eigenvalue weighted by molar-refractivity contribution is 9.10. The number of fused-ring (bicyclic) bond motifs is 1. The van der Waals surface area contributed by atoms with Crippen LogP contribution in [0.4, 0.5) is 0 Å². The van der Waals surface area contributed by atoms with Gasteiger partial charge in [0.25, 0.3) is 0 Å². The fourth-order valence-electron chi connectivity index (χ4n) is 1.74. The summed E-state index contributed by atoms with van der Waals surface area (Å²) in [5.41, 5.74) is 1.32. The van der Waals surface area contributed by atoms with E-state index in [1.54, 1.807) is 10.8 Å². The van der Waals surface area contributed by atoms with Crippen LogP contribution in [-0.2, 0) is 11.3 Å². The van der Waals surface area contributed by atoms with E-state index >= 15 is 0 Å². The van der Waals surface area contributed by atoms with Gasteiger partial charge >= 0.3 is 5.97 Å². The van der Waals surface area contributed by atoms with Crippen molar-refractivity contribution in [2.45, 2.75) is 26.3 Å². The Morgan fingerprint density at radius 3 is 2.88 bits per heavy atom. The zero-order chi connectivity index (χ0) is 12.6. The molecule has 2 heterocycles. The first-order chi connectivity index (χ1) is 7.99. The van der Waals surface area contributed by atoms with E-state index in [1.165, 1.54) is 0 Å². The number of aliphatic carboxylic acids is 1. The van der Waals surface area contributed by atoms with Gasteiger partial charge in [-0.15, -0.1) is 0 Å². The van der Waals surface area contributed by atoms with Crippen LogP contribution in [0.5, 0.6) is 0 Å². The molecule has 0 radical (unpaired) electrons. The van der Waals surface area contributed by atoms with Gasteiger partial charge in [0.1, 0.15) is 17.9 Å². The molecule has 0 saturated carbocycles. The molecule has 0 fully saturated rings. The van der Waals surface area contributed by atoms with Crippen LogP contribution < -0.4 is 0 Å². The summed E-state index contributed by atoms with van der Waals surface area (Å²) < 4.78 is 2.48. The largest absolute Gasteiger partial charge is 0.480 e. The molecule has 0 aromatic carbocycles. The second-order valence-electron chi connectivity index (χ2n) is 4.10. The SMILES string of the molecule is CC(C)c1nc2cc(Br)cnc2n1CC(=O)O. The van der Waals surface area contributed by atoms with Gasteiger partial charge in [0.05, 0.1) is 0 Å². The molecular formula is C11H12BrN3O2. The van der Waals surface area contributed by atoms with Crippen LogP contribution in [-0.4, -0.2) is 25.6 Å². The third-order valence-corrected chi connectivity index (χ3v) is 2.82. The van der Waals surface area contributed by atoms with Gasteiger partial charge in [-0.3, -0.25) is 4.79 Å². The Morgan fingerprint density at radius 1 is 1.59 bits per heavy atom. The van der Waals surface area contributed by atoms with Gasteiger partial charge < -0.3 is 9.67 Å². The van der Waals surface area contributed by atoms with Crippen LogP contribution in [0.1, 0.15) is 25.6 Å². The lowest BCUT2D eigenvalue weighted by Gasteiger charge is -2.07. The van der Waals surface area contributed by atoms with Crippen molar-refractivity contribution in [3.63, 3.8) is 0 Å². The number of imidazole rings is 1. The average molecular weight is 298 g/mol. The molecule has 0 saturated heterocycles. The number of hydrogen-bond donors (Lipinski definition) is 1.